The molecule has 0 bridgehead atoms. The summed E-state index contributed by atoms with van der Waals surface area (Å²) >= 11 is 0. The molecule has 0 fully saturated rings. The predicted octanol–water partition coefficient (Wildman–Crippen LogP) is 6.92. The molecule has 0 saturated heterocycles. The molecule has 2 aromatic heterocycles. The van der Waals surface area contributed by atoms with Gasteiger partial charge in [-0.05, 0) is 72.0 Å². The van der Waals surface area contributed by atoms with Gasteiger partial charge in [-0.1, -0.05) is 68.8 Å². The summed E-state index contributed by atoms with van der Waals surface area (Å²) in [4.78, 5) is 30.8. The van der Waals surface area contributed by atoms with Crippen LogP contribution in [-0.4, -0.2) is 27.9 Å². The van der Waals surface area contributed by atoms with Crippen molar-refractivity contribution in [1.82, 2.24) is 14.9 Å². The Morgan fingerprint density at radius 1 is 0.854 bits per heavy atom. The molecule has 0 aliphatic rings. The number of anilines is 1. The van der Waals surface area contributed by atoms with Crippen molar-refractivity contribution < 1.29 is 9.59 Å². The second-order valence-electron chi connectivity index (χ2n) is 11.5. The summed E-state index contributed by atoms with van der Waals surface area (Å²) in [6, 6.07) is 29.5. The third kappa shape index (κ3) is 6.72. The van der Waals surface area contributed by atoms with Crippen LogP contribution < -0.4 is 10.6 Å². The molecule has 5 aromatic rings. The highest BCUT2D eigenvalue weighted by atomic mass is 16.2. The van der Waals surface area contributed by atoms with E-state index in [2.05, 4.69) is 61.5 Å². The molecule has 0 radical (unpaired) electrons. The van der Waals surface area contributed by atoms with Crippen molar-refractivity contribution in [3.63, 3.8) is 0 Å². The molecule has 6 heteroatoms. The van der Waals surface area contributed by atoms with Crippen molar-refractivity contribution in [2.24, 2.45) is 0 Å². The van der Waals surface area contributed by atoms with Gasteiger partial charge in [0, 0.05) is 53.6 Å². The maximum absolute atomic E-state index is 13.4. The number of fused-ring (bicyclic) bond motifs is 1. The summed E-state index contributed by atoms with van der Waals surface area (Å²) in [5, 5.41) is 6.96. The predicted molar refractivity (Wildman–Crippen MR) is 166 cm³/mol. The molecule has 41 heavy (non-hydrogen) atoms. The third-order valence-corrected chi connectivity index (χ3v) is 7.22. The number of aryl methyl sites for hydroxylation is 1. The summed E-state index contributed by atoms with van der Waals surface area (Å²) < 4.78 is 2.04. The highest BCUT2D eigenvalue weighted by Crippen LogP contribution is 2.26. The summed E-state index contributed by atoms with van der Waals surface area (Å²) in [5.74, 6) is -0.314. The van der Waals surface area contributed by atoms with Gasteiger partial charge in [0.15, 0.2) is 0 Å². The minimum absolute atomic E-state index is 0.0219. The molecule has 0 unspecified atom stereocenters. The zero-order chi connectivity index (χ0) is 29.0. The number of amides is 2. The maximum atomic E-state index is 13.4. The second kappa shape index (κ2) is 11.8. The van der Waals surface area contributed by atoms with E-state index in [1.807, 2.05) is 77.4 Å². The van der Waals surface area contributed by atoms with E-state index in [9.17, 15) is 9.59 Å². The Bertz CT molecular complexity index is 1680. The molecule has 2 heterocycles. The van der Waals surface area contributed by atoms with Crippen LogP contribution in [0.1, 0.15) is 64.0 Å². The lowest BCUT2D eigenvalue weighted by Gasteiger charge is -2.19. The molecule has 0 saturated carbocycles. The van der Waals surface area contributed by atoms with E-state index < -0.39 is 0 Å². The minimum Gasteiger partial charge on any atom is -0.350 e. The summed E-state index contributed by atoms with van der Waals surface area (Å²) in [5.41, 5.74) is 7.19. The molecule has 2 N–H and O–H groups in total. The average molecular weight is 545 g/mol. The van der Waals surface area contributed by atoms with Gasteiger partial charge in [0.1, 0.15) is 5.69 Å². The standard InChI is InChI=1S/C35H36N4O2/c1-24-8-7-9-25(20-24)23-39-31-16-15-30(38-33(40)26-11-13-28(14-12-26)35(2,3)4)21-27(31)22-32(39)34(41)37-19-17-29-10-5-6-18-36-29/h5-16,18,20-22H,17,19,23H2,1-4H3,(H,37,41)(H,38,40). The molecule has 5 rings (SSSR count). The van der Waals surface area contributed by atoms with Crippen molar-refractivity contribution in [1.29, 1.82) is 0 Å². The molecule has 0 aliphatic carbocycles. The quantitative estimate of drug-likeness (QED) is 0.223. The van der Waals surface area contributed by atoms with Gasteiger partial charge in [0.2, 0.25) is 0 Å². The first-order chi connectivity index (χ1) is 19.7. The number of carbonyl (C=O) groups is 2. The SMILES string of the molecule is Cc1cccc(Cn2c(C(=O)NCCc3ccccn3)cc3cc(NC(=O)c4ccc(C(C)(C)C)cc4)ccc32)c1. The molecule has 0 atom stereocenters. The van der Waals surface area contributed by atoms with Crippen LogP contribution in [0.2, 0.25) is 0 Å². The van der Waals surface area contributed by atoms with Crippen LogP contribution in [0.4, 0.5) is 5.69 Å². The Kier molecular flexibility index (Phi) is 8.02. The first kappa shape index (κ1) is 27.8. The highest BCUT2D eigenvalue weighted by molar-refractivity contribution is 6.06. The monoisotopic (exact) mass is 544 g/mol. The Morgan fingerprint density at radius 3 is 2.37 bits per heavy atom. The van der Waals surface area contributed by atoms with E-state index >= 15 is 0 Å². The van der Waals surface area contributed by atoms with Gasteiger partial charge < -0.3 is 15.2 Å². The topological polar surface area (TPSA) is 76.0 Å². The second-order valence-corrected chi connectivity index (χ2v) is 11.5. The number of aromatic nitrogens is 2. The van der Waals surface area contributed by atoms with E-state index in [0.717, 1.165) is 22.2 Å². The Hall–Kier alpha value is -4.71. The van der Waals surface area contributed by atoms with Crippen LogP contribution in [0, 0.1) is 6.92 Å². The Morgan fingerprint density at radius 2 is 1.66 bits per heavy atom. The van der Waals surface area contributed by atoms with Gasteiger partial charge in [-0.3, -0.25) is 14.6 Å². The molecule has 0 aliphatic heterocycles. The van der Waals surface area contributed by atoms with Crippen LogP contribution in [0.3, 0.4) is 0 Å². The molecule has 6 nitrogen and oxygen atoms in total. The molecule has 3 aromatic carbocycles. The average Bonchev–Trinajstić information content (AvgIpc) is 3.30. The number of pyridine rings is 1. The van der Waals surface area contributed by atoms with Gasteiger partial charge in [0.25, 0.3) is 11.8 Å². The van der Waals surface area contributed by atoms with Crippen LogP contribution >= 0.6 is 0 Å². The number of hydrogen-bond donors (Lipinski definition) is 2. The van der Waals surface area contributed by atoms with E-state index in [-0.39, 0.29) is 17.2 Å². The van der Waals surface area contributed by atoms with E-state index in [1.165, 1.54) is 11.1 Å². The minimum atomic E-state index is -0.170. The molecular weight excluding hydrogens is 508 g/mol. The lowest BCUT2D eigenvalue weighted by molar-refractivity contribution is 0.0945. The summed E-state index contributed by atoms with van der Waals surface area (Å²) in [7, 11) is 0. The lowest BCUT2D eigenvalue weighted by Crippen LogP contribution is -2.28. The van der Waals surface area contributed by atoms with Crippen molar-refractivity contribution >= 4 is 28.4 Å². The number of benzene rings is 3. The molecular formula is C35H36N4O2. The summed E-state index contributed by atoms with van der Waals surface area (Å²) in [6.45, 7) is 9.55. The van der Waals surface area contributed by atoms with Crippen LogP contribution in [0.15, 0.2) is 97.2 Å². The van der Waals surface area contributed by atoms with Crippen molar-refractivity contribution in [2.75, 3.05) is 11.9 Å². The molecule has 0 spiro atoms. The smallest absolute Gasteiger partial charge is 0.267 e. The van der Waals surface area contributed by atoms with E-state index in [4.69, 9.17) is 0 Å². The van der Waals surface area contributed by atoms with E-state index in [1.54, 1.807) is 6.20 Å². The fourth-order valence-corrected chi connectivity index (χ4v) is 4.97. The third-order valence-electron chi connectivity index (χ3n) is 7.22. The lowest BCUT2D eigenvalue weighted by atomic mass is 9.87. The fraction of sp³-hybridized carbons (Fsp3) is 0.229. The van der Waals surface area contributed by atoms with Gasteiger partial charge in [-0.25, -0.2) is 0 Å². The van der Waals surface area contributed by atoms with Gasteiger partial charge in [0.05, 0.1) is 0 Å². The number of rotatable bonds is 8. The Labute approximate surface area is 241 Å². The van der Waals surface area contributed by atoms with Gasteiger partial charge >= 0.3 is 0 Å². The largest absolute Gasteiger partial charge is 0.350 e. The van der Waals surface area contributed by atoms with Crippen LogP contribution in [-0.2, 0) is 18.4 Å². The van der Waals surface area contributed by atoms with Crippen LogP contribution in [0.25, 0.3) is 10.9 Å². The first-order valence-electron chi connectivity index (χ1n) is 14.0. The fourth-order valence-electron chi connectivity index (χ4n) is 4.97. The molecule has 208 valence electrons. The van der Waals surface area contributed by atoms with Crippen LogP contribution in [0.5, 0.6) is 0 Å². The number of carbonyl (C=O) groups excluding carboxylic acids is 2. The van der Waals surface area contributed by atoms with Crippen molar-refractivity contribution in [3.05, 3.63) is 131 Å². The number of nitrogens with zero attached hydrogens (tertiary/aromatic N) is 2. The highest BCUT2D eigenvalue weighted by Gasteiger charge is 2.18. The Balaban J connectivity index is 1.40. The van der Waals surface area contributed by atoms with Crippen molar-refractivity contribution in [2.45, 2.75) is 46.1 Å². The van der Waals surface area contributed by atoms with E-state index in [0.29, 0.717) is 36.5 Å². The summed E-state index contributed by atoms with van der Waals surface area (Å²) in [6.07, 6.45) is 2.41. The first-order valence-corrected chi connectivity index (χ1v) is 14.0. The zero-order valence-corrected chi connectivity index (χ0v) is 24.1. The maximum Gasteiger partial charge on any atom is 0.267 e. The number of nitrogens with one attached hydrogen (secondary N) is 2. The normalized spacial score (nSPS) is 11.4. The zero-order valence-electron chi connectivity index (χ0n) is 24.1. The van der Waals surface area contributed by atoms with Gasteiger partial charge in [-0.15, -0.1) is 0 Å². The van der Waals surface area contributed by atoms with Gasteiger partial charge in [-0.2, -0.15) is 0 Å². The number of hydrogen-bond acceptors (Lipinski definition) is 3. The molecule has 2 amide bonds. The van der Waals surface area contributed by atoms with Crippen molar-refractivity contribution in [3.8, 4) is 0 Å².